The van der Waals surface area contributed by atoms with Gasteiger partial charge in [0.15, 0.2) is 0 Å². The molecule has 0 spiro atoms. The molecule has 118 valence electrons. The van der Waals surface area contributed by atoms with Gasteiger partial charge in [-0.3, -0.25) is 4.90 Å². The van der Waals surface area contributed by atoms with Gasteiger partial charge in [0.2, 0.25) is 0 Å². The summed E-state index contributed by atoms with van der Waals surface area (Å²) in [5.74, 6) is -0.158. The number of halogens is 1. The molecule has 3 heteroatoms. The zero-order chi connectivity index (χ0) is 15.6. The molecule has 1 aromatic carbocycles. The SMILES string of the molecule is CC1CNC(C(C)(C)C)CN1C(C)Cc1ccc(F)cc1. The highest BCUT2D eigenvalue weighted by molar-refractivity contribution is 5.17. The van der Waals surface area contributed by atoms with Gasteiger partial charge in [-0.25, -0.2) is 4.39 Å². The molecule has 1 aliphatic rings. The summed E-state index contributed by atoms with van der Waals surface area (Å²) in [6.45, 7) is 13.6. The van der Waals surface area contributed by atoms with Crippen LogP contribution in [0.4, 0.5) is 4.39 Å². The molecular weight excluding hydrogens is 263 g/mol. The quantitative estimate of drug-likeness (QED) is 0.918. The maximum absolute atomic E-state index is 13.0. The smallest absolute Gasteiger partial charge is 0.123 e. The largest absolute Gasteiger partial charge is 0.311 e. The second-order valence-electron chi connectivity index (χ2n) is 7.55. The van der Waals surface area contributed by atoms with Crippen LogP contribution in [0.15, 0.2) is 24.3 Å². The van der Waals surface area contributed by atoms with E-state index in [0.29, 0.717) is 18.1 Å². The van der Waals surface area contributed by atoms with Crippen molar-refractivity contribution >= 4 is 0 Å². The summed E-state index contributed by atoms with van der Waals surface area (Å²) >= 11 is 0. The van der Waals surface area contributed by atoms with Crippen LogP contribution >= 0.6 is 0 Å². The fourth-order valence-corrected chi connectivity index (χ4v) is 3.16. The van der Waals surface area contributed by atoms with E-state index in [1.54, 1.807) is 12.1 Å². The molecule has 21 heavy (non-hydrogen) atoms. The summed E-state index contributed by atoms with van der Waals surface area (Å²) in [6, 6.07) is 8.45. The lowest BCUT2D eigenvalue weighted by atomic mass is 9.84. The third-order valence-corrected chi connectivity index (χ3v) is 4.68. The number of nitrogens with zero attached hydrogens (tertiary/aromatic N) is 1. The van der Waals surface area contributed by atoms with Crippen LogP contribution in [-0.4, -0.2) is 36.1 Å². The van der Waals surface area contributed by atoms with E-state index in [9.17, 15) is 4.39 Å². The van der Waals surface area contributed by atoms with Crippen molar-refractivity contribution in [2.75, 3.05) is 13.1 Å². The first-order valence-electron chi connectivity index (χ1n) is 8.01. The zero-order valence-corrected chi connectivity index (χ0v) is 14.0. The summed E-state index contributed by atoms with van der Waals surface area (Å²) < 4.78 is 13.0. The number of hydrogen-bond donors (Lipinski definition) is 1. The maximum atomic E-state index is 13.0. The molecule has 1 saturated heterocycles. The third-order valence-electron chi connectivity index (χ3n) is 4.68. The minimum absolute atomic E-state index is 0.158. The van der Waals surface area contributed by atoms with Crippen molar-refractivity contribution in [2.45, 2.75) is 59.2 Å². The fraction of sp³-hybridized carbons (Fsp3) is 0.667. The van der Waals surface area contributed by atoms with Crippen LogP contribution in [0.25, 0.3) is 0 Å². The topological polar surface area (TPSA) is 15.3 Å². The van der Waals surface area contributed by atoms with Crippen LogP contribution in [-0.2, 0) is 6.42 Å². The van der Waals surface area contributed by atoms with Crippen LogP contribution in [0.1, 0.15) is 40.2 Å². The molecule has 0 bridgehead atoms. The van der Waals surface area contributed by atoms with E-state index in [4.69, 9.17) is 0 Å². The maximum Gasteiger partial charge on any atom is 0.123 e. The molecule has 0 amide bonds. The van der Waals surface area contributed by atoms with E-state index in [2.05, 4.69) is 44.8 Å². The summed E-state index contributed by atoms with van der Waals surface area (Å²) in [4.78, 5) is 2.59. The summed E-state index contributed by atoms with van der Waals surface area (Å²) in [5.41, 5.74) is 1.48. The number of piperazine rings is 1. The van der Waals surface area contributed by atoms with Gasteiger partial charge in [-0.2, -0.15) is 0 Å². The number of hydrogen-bond acceptors (Lipinski definition) is 2. The number of rotatable bonds is 3. The van der Waals surface area contributed by atoms with Gasteiger partial charge >= 0.3 is 0 Å². The van der Waals surface area contributed by atoms with Gasteiger partial charge in [0.05, 0.1) is 0 Å². The predicted molar refractivity (Wildman–Crippen MR) is 87.0 cm³/mol. The third kappa shape index (κ3) is 4.27. The van der Waals surface area contributed by atoms with Gasteiger partial charge in [0, 0.05) is 31.2 Å². The Morgan fingerprint density at radius 2 is 1.90 bits per heavy atom. The van der Waals surface area contributed by atoms with Gasteiger partial charge in [0.25, 0.3) is 0 Å². The first-order chi connectivity index (χ1) is 9.77. The fourth-order valence-electron chi connectivity index (χ4n) is 3.16. The molecule has 2 rings (SSSR count). The Labute approximate surface area is 128 Å². The van der Waals surface area contributed by atoms with Crippen LogP contribution in [0.2, 0.25) is 0 Å². The van der Waals surface area contributed by atoms with Crippen molar-refractivity contribution in [3.8, 4) is 0 Å². The van der Waals surface area contributed by atoms with Gasteiger partial charge in [-0.05, 0) is 43.4 Å². The van der Waals surface area contributed by atoms with Gasteiger partial charge < -0.3 is 5.32 Å². The van der Waals surface area contributed by atoms with Crippen LogP contribution in [0, 0.1) is 11.2 Å². The highest BCUT2D eigenvalue weighted by Crippen LogP contribution is 2.25. The molecule has 2 nitrogen and oxygen atoms in total. The van der Waals surface area contributed by atoms with Gasteiger partial charge in [-0.15, -0.1) is 0 Å². The van der Waals surface area contributed by atoms with E-state index in [1.807, 2.05) is 12.1 Å². The van der Waals surface area contributed by atoms with Crippen molar-refractivity contribution in [1.82, 2.24) is 10.2 Å². The highest BCUT2D eigenvalue weighted by Gasteiger charge is 2.34. The minimum Gasteiger partial charge on any atom is -0.311 e. The van der Waals surface area contributed by atoms with E-state index >= 15 is 0 Å². The Balaban J connectivity index is 2.02. The van der Waals surface area contributed by atoms with Crippen molar-refractivity contribution < 1.29 is 4.39 Å². The average Bonchev–Trinajstić information content (AvgIpc) is 2.40. The first-order valence-corrected chi connectivity index (χ1v) is 8.01. The lowest BCUT2D eigenvalue weighted by molar-refractivity contribution is 0.0632. The van der Waals surface area contributed by atoms with Gasteiger partial charge in [-0.1, -0.05) is 32.9 Å². The molecule has 3 atom stereocenters. The molecule has 1 aliphatic heterocycles. The molecule has 0 aromatic heterocycles. The van der Waals surface area contributed by atoms with Crippen molar-refractivity contribution in [3.05, 3.63) is 35.6 Å². The van der Waals surface area contributed by atoms with Gasteiger partial charge in [0.1, 0.15) is 5.82 Å². The molecule has 1 N–H and O–H groups in total. The van der Waals surface area contributed by atoms with Crippen molar-refractivity contribution in [1.29, 1.82) is 0 Å². The molecule has 1 heterocycles. The number of benzene rings is 1. The molecule has 1 fully saturated rings. The average molecular weight is 292 g/mol. The molecule has 3 unspecified atom stereocenters. The second-order valence-corrected chi connectivity index (χ2v) is 7.55. The van der Waals surface area contributed by atoms with Crippen molar-refractivity contribution in [3.63, 3.8) is 0 Å². The standard InChI is InChI=1S/C18H29FN2/c1-13(10-15-6-8-16(19)9-7-15)21-12-17(18(3,4)5)20-11-14(21)2/h6-9,13-14,17,20H,10-12H2,1-5H3. The Morgan fingerprint density at radius 1 is 1.29 bits per heavy atom. The minimum atomic E-state index is -0.158. The summed E-state index contributed by atoms with van der Waals surface area (Å²) in [5, 5.41) is 3.67. The normalized spacial score (nSPS) is 25.8. The predicted octanol–water partition coefficient (Wildman–Crippen LogP) is 3.47. The van der Waals surface area contributed by atoms with E-state index in [-0.39, 0.29) is 11.2 Å². The summed E-state index contributed by atoms with van der Waals surface area (Å²) in [7, 11) is 0. The summed E-state index contributed by atoms with van der Waals surface area (Å²) in [6.07, 6.45) is 0.974. The molecule has 0 aliphatic carbocycles. The number of nitrogens with one attached hydrogen (secondary N) is 1. The monoisotopic (exact) mass is 292 g/mol. The van der Waals surface area contributed by atoms with Crippen LogP contribution in [0.3, 0.4) is 0 Å². The molecule has 0 saturated carbocycles. The zero-order valence-electron chi connectivity index (χ0n) is 14.0. The lowest BCUT2D eigenvalue weighted by Crippen LogP contribution is -2.61. The second kappa shape index (κ2) is 6.45. The Hall–Kier alpha value is -0.930. The molecule has 0 radical (unpaired) electrons. The Bertz CT molecular complexity index is 449. The lowest BCUT2D eigenvalue weighted by Gasteiger charge is -2.46. The van der Waals surface area contributed by atoms with Crippen LogP contribution < -0.4 is 5.32 Å². The first kappa shape index (κ1) is 16.4. The van der Waals surface area contributed by atoms with Crippen LogP contribution in [0.5, 0.6) is 0 Å². The Kier molecular flexibility index (Phi) is 5.05. The Morgan fingerprint density at radius 3 is 2.48 bits per heavy atom. The van der Waals surface area contributed by atoms with E-state index in [1.165, 1.54) is 5.56 Å². The molecular formula is C18H29FN2. The molecule has 1 aromatic rings. The van der Waals surface area contributed by atoms with E-state index < -0.39 is 0 Å². The highest BCUT2D eigenvalue weighted by atomic mass is 19.1. The van der Waals surface area contributed by atoms with Crippen molar-refractivity contribution in [2.24, 2.45) is 5.41 Å². The van der Waals surface area contributed by atoms with E-state index in [0.717, 1.165) is 19.5 Å².